The summed E-state index contributed by atoms with van der Waals surface area (Å²) in [6, 6.07) is 9.02. The van der Waals surface area contributed by atoms with Gasteiger partial charge in [0.2, 0.25) is 0 Å². The molecule has 124 valence electrons. The molecule has 4 rings (SSSR count). The van der Waals surface area contributed by atoms with Crippen LogP contribution < -0.4 is 0 Å². The number of carbonyl (C=O) groups is 1. The number of aromatic nitrogens is 5. The zero-order chi connectivity index (χ0) is 17.2. The first kappa shape index (κ1) is 15.1. The van der Waals surface area contributed by atoms with E-state index in [9.17, 15) is 4.79 Å². The zero-order valence-electron chi connectivity index (χ0n) is 13.5. The Kier molecular flexibility index (Phi) is 3.74. The van der Waals surface area contributed by atoms with Crippen molar-refractivity contribution < 1.29 is 9.53 Å². The zero-order valence-corrected chi connectivity index (χ0v) is 13.5. The van der Waals surface area contributed by atoms with Crippen LogP contribution in [0.25, 0.3) is 11.3 Å². The van der Waals surface area contributed by atoms with E-state index in [0.717, 1.165) is 16.8 Å². The van der Waals surface area contributed by atoms with Gasteiger partial charge in [-0.25, -0.2) is 19.4 Å². The number of hydrogen-bond donors (Lipinski definition) is 0. The number of carbonyl (C=O) groups excluding carboxylic acids is 1. The summed E-state index contributed by atoms with van der Waals surface area (Å²) < 4.78 is 8.93. The summed E-state index contributed by atoms with van der Waals surface area (Å²) in [5.41, 5.74) is 3.09. The molecule has 0 bridgehead atoms. The molecule has 0 aliphatic heterocycles. The summed E-state index contributed by atoms with van der Waals surface area (Å²) >= 11 is 0. The van der Waals surface area contributed by atoms with E-state index >= 15 is 0 Å². The Morgan fingerprint density at radius 3 is 2.96 bits per heavy atom. The van der Waals surface area contributed by atoms with Crippen molar-refractivity contribution in [3.63, 3.8) is 0 Å². The summed E-state index contributed by atoms with van der Waals surface area (Å²) in [6.07, 6.45) is 8.67. The van der Waals surface area contributed by atoms with Crippen molar-refractivity contribution in [2.75, 3.05) is 0 Å². The molecule has 0 saturated heterocycles. The number of esters is 1. The maximum absolute atomic E-state index is 12.3. The standard InChI is InChI=1S/C18H15N5O2/c1-13-3-7-23(21-13)17-8-14(2-5-20-17)11-25-18(24)15-4-6-22-12-19-10-16(22)9-15/h2-10,12H,11H2,1H3. The van der Waals surface area contributed by atoms with Crippen molar-refractivity contribution >= 4 is 11.5 Å². The Bertz CT molecular complexity index is 1050. The van der Waals surface area contributed by atoms with E-state index in [1.807, 2.05) is 35.7 Å². The van der Waals surface area contributed by atoms with Crippen LogP contribution in [0.5, 0.6) is 0 Å². The van der Waals surface area contributed by atoms with Crippen molar-refractivity contribution in [3.8, 4) is 5.82 Å². The second-order valence-electron chi connectivity index (χ2n) is 5.64. The fraction of sp³-hybridized carbons (Fsp3) is 0.111. The first-order chi connectivity index (χ1) is 12.2. The van der Waals surface area contributed by atoms with Crippen LogP contribution in [0.1, 0.15) is 21.6 Å². The van der Waals surface area contributed by atoms with Crippen molar-refractivity contribution in [2.24, 2.45) is 0 Å². The normalized spacial score (nSPS) is 10.9. The molecule has 0 saturated carbocycles. The molecule has 0 unspecified atom stereocenters. The fourth-order valence-electron chi connectivity index (χ4n) is 2.50. The predicted molar refractivity (Wildman–Crippen MR) is 90.4 cm³/mol. The minimum absolute atomic E-state index is 0.166. The number of pyridine rings is 2. The molecular weight excluding hydrogens is 318 g/mol. The van der Waals surface area contributed by atoms with Gasteiger partial charge in [0.1, 0.15) is 6.61 Å². The van der Waals surface area contributed by atoms with Gasteiger partial charge in [0.05, 0.1) is 29.3 Å². The van der Waals surface area contributed by atoms with Crippen LogP contribution in [0.15, 0.2) is 61.4 Å². The van der Waals surface area contributed by atoms with E-state index in [-0.39, 0.29) is 12.6 Å². The molecule has 0 N–H and O–H groups in total. The highest BCUT2D eigenvalue weighted by Crippen LogP contribution is 2.12. The lowest BCUT2D eigenvalue weighted by molar-refractivity contribution is 0.0472. The van der Waals surface area contributed by atoms with Gasteiger partial charge in [0.15, 0.2) is 5.82 Å². The van der Waals surface area contributed by atoms with E-state index < -0.39 is 0 Å². The van der Waals surface area contributed by atoms with Crippen molar-refractivity contribution in [1.82, 2.24) is 24.1 Å². The monoisotopic (exact) mass is 333 g/mol. The SMILES string of the molecule is Cc1ccn(-c2cc(COC(=O)c3ccn4cncc4c3)ccn2)n1. The average Bonchev–Trinajstić information content (AvgIpc) is 3.28. The molecule has 7 nitrogen and oxygen atoms in total. The summed E-state index contributed by atoms with van der Waals surface area (Å²) in [6.45, 7) is 2.08. The number of ether oxygens (including phenoxy) is 1. The third-order valence-electron chi connectivity index (χ3n) is 3.79. The maximum Gasteiger partial charge on any atom is 0.338 e. The number of hydrogen-bond acceptors (Lipinski definition) is 5. The molecule has 4 aromatic heterocycles. The summed E-state index contributed by atoms with van der Waals surface area (Å²) in [5, 5.41) is 4.33. The average molecular weight is 333 g/mol. The molecule has 0 fully saturated rings. The van der Waals surface area contributed by atoms with Crippen LogP contribution in [0.2, 0.25) is 0 Å². The Hall–Kier alpha value is -3.48. The second kappa shape index (κ2) is 6.20. The lowest BCUT2D eigenvalue weighted by Gasteiger charge is -2.07. The third-order valence-corrected chi connectivity index (χ3v) is 3.79. The predicted octanol–water partition coefficient (Wildman–Crippen LogP) is 2.58. The summed E-state index contributed by atoms with van der Waals surface area (Å²) in [7, 11) is 0. The molecule has 0 aliphatic rings. The van der Waals surface area contributed by atoms with Gasteiger partial charge in [-0.3, -0.25) is 0 Å². The van der Waals surface area contributed by atoms with E-state index in [1.54, 1.807) is 41.7 Å². The van der Waals surface area contributed by atoms with Crippen molar-refractivity contribution in [2.45, 2.75) is 13.5 Å². The van der Waals surface area contributed by atoms with E-state index in [0.29, 0.717) is 11.4 Å². The van der Waals surface area contributed by atoms with Crippen molar-refractivity contribution in [3.05, 3.63) is 78.3 Å². The first-order valence-corrected chi connectivity index (χ1v) is 7.75. The minimum atomic E-state index is -0.378. The van der Waals surface area contributed by atoms with Gasteiger partial charge >= 0.3 is 5.97 Å². The maximum atomic E-state index is 12.3. The minimum Gasteiger partial charge on any atom is -0.457 e. The lowest BCUT2D eigenvalue weighted by Crippen LogP contribution is -2.06. The highest BCUT2D eigenvalue weighted by Gasteiger charge is 2.09. The van der Waals surface area contributed by atoms with Gasteiger partial charge in [0.25, 0.3) is 0 Å². The van der Waals surface area contributed by atoms with Gasteiger partial charge in [-0.1, -0.05) is 0 Å². The van der Waals surface area contributed by atoms with Crippen LogP contribution in [0.3, 0.4) is 0 Å². The van der Waals surface area contributed by atoms with Gasteiger partial charge in [-0.15, -0.1) is 0 Å². The molecule has 0 aromatic carbocycles. The van der Waals surface area contributed by atoms with Crippen molar-refractivity contribution in [1.29, 1.82) is 0 Å². The number of rotatable bonds is 4. The van der Waals surface area contributed by atoms with Crippen LogP contribution in [0.4, 0.5) is 0 Å². The third kappa shape index (κ3) is 3.12. The highest BCUT2D eigenvalue weighted by molar-refractivity contribution is 5.90. The molecule has 0 radical (unpaired) electrons. The molecule has 0 aliphatic carbocycles. The molecule has 0 atom stereocenters. The molecule has 0 spiro atoms. The summed E-state index contributed by atoms with van der Waals surface area (Å²) in [5.74, 6) is 0.305. The number of nitrogens with zero attached hydrogens (tertiary/aromatic N) is 5. The van der Waals surface area contributed by atoms with Gasteiger partial charge in [-0.05, 0) is 42.8 Å². The Morgan fingerprint density at radius 2 is 2.12 bits per heavy atom. The Morgan fingerprint density at radius 1 is 1.20 bits per heavy atom. The van der Waals surface area contributed by atoms with Crippen LogP contribution in [-0.4, -0.2) is 30.1 Å². The highest BCUT2D eigenvalue weighted by atomic mass is 16.5. The number of aryl methyl sites for hydroxylation is 1. The van der Waals surface area contributed by atoms with E-state index in [1.165, 1.54) is 0 Å². The van der Waals surface area contributed by atoms with E-state index in [4.69, 9.17) is 4.74 Å². The quantitative estimate of drug-likeness (QED) is 0.537. The van der Waals surface area contributed by atoms with Crippen LogP contribution in [-0.2, 0) is 11.3 Å². The number of fused-ring (bicyclic) bond motifs is 1. The second-order valence-corrected chi connectivity index (χ2v) is 5.64. The molecule has 4 heterocycles. The Balaban J connectivity index is 1.48. The molecule has 0 amide bonds. The van der Waals surface area contributed by atoms with Crippen LogP contribution >= 0.6 is 0 Å². The van der Waals surface area contributed by atoms with Gasteiger partial charge in [0, 0.05) is 18.6 Å². The first-order valence-electron chi connectivity index (χ1n) is 7.75. The van der Waals surface area contributed by atoms with E-state index in [2.05, 4.69) is 15.1 Å². The molecular formula is C18H15N5O2. The molecule has 4 aromatic rings. The van der Waals surface area contributed by atoms with Gasteiger partial charge < -0.3 is 9.14 Å². The fourth-order valence-corrected chi connectivity index (χ4v) is 2.50. The molecule has 7 heteroatoms. The molecule has 25 heavy (non-hydrogen) atoms. The number of imidazole rings is 1. The lowest BCUT2D eigenvalue weighted by atomic mass is 10.2. The Labute approximate surface area is 143 Å². The van der Waals surface area contributed by atoms with Gasteiger partial charge in [-0.2, -0.15) is 5.10 Å². The topological polar surface area (TPSA) is 74.3 Å². The smallest absolute Gasteiger partial charge is 0.338 e. The largest absolute Gasteiger partial charge is 0.457 e. The van der Waals surface area contributed by atoms with Crippen LogP contribution in [0, 0.1) is 6.92 Å². The summed E-state index contributed by atoms with van der Waals surface area (Å²) in [4.78, 5) is 20.6.